The number of sulfonamides is 1. The summed E-state index contributed by atoms with van der Waals surface area (Å²) >= 11 is 3.37. The second-order valence-corrected chi connectivity index (χ2v) is 8.61. The molecule has 0 fully saturated rings. The molecule has 9 heteroatoms. The molecule has 0 aliphatic rings. The molecule has 0 bridgehead atoms. The largest absolute Gasteiger partial charge is 0.496 e. The van der Waals surface area contributed by atoms with Crippen molar-refractivity contribution in [2.45, 2.75) is 11.8 Å². The van der Waals surface area contributed by atoms with Gasteiger partial charge in [0.2, 0.25) is 10.0 Å². The van der Waals surface area contributed by atoms with Crippen LogP contribution in [0.3, 0.4) is 0 Å². The van der Waals surface area contributed by atoms with E-state index >= 15 is 0 Å². The molecule has 7 nitrogen and oxygen atoms in total. The Balaban J connectivity index is 2.02. The minimum atomic E-state index is -3.81. The Labute approximate surface area is 167 Å². The SMILES string of the molecule is COc1ccc(S(=O)(=O)N(C)CC(=O)N/N=C/c2ccccc2Br)cc1C. The first-order chi connectivity index (χ1) is 12.8. The van der Waals surface area contributed by atoms with Crippen molar-refractivity contribution in [3.8, 4) is 5.75 Å². The van der Waals surface area contributed by atoms with Crippen molar-refractivity contribution < 1.29 is 17.9 Å². The van der Waals surface area contributed by atoms with E-state index in [-0.39, 0.29) is 11.4 Å². The highest BCUT2D eigenvalue weighted by Gasteiger charge is 2.23. The number of aryl methyl sites for hydroxylation is 1. The van der Waals surface area contributed by atoms with E-state index in [2.05, 4.69) is 26.5 Å². The van der Waals surface area contributed by atoms with Gasteiger partial charge in [0, 0.05) is 17.1 Å². The topological polar surface area (TPSA) is 88.1 Å². The Morgan fingerprint density at radius 2 is 2.00 bits per heavy atom. The lowest BCUT2D eigenvalue weighted by molar-refractivity contribution is -0.121. The molecule has 2 rings (SSSR count). The fourth-order valence-corrected chi connectivity index (χ4v) is 3.87. The van der Waals surface area contributed by atoms with Crippen LogP contribution in [0.25, 0.3) is 0 Å². The zero-order valence-electron chi connectivity index (χ0n) is 15.1. The van der Waals surface area contributed by atoms with Gasteiger partial charge in [-0.15, -0.1) is 0 Å². The van der Waals surface area contributed by atoms with E-state index in [1.54, 1.807) is 13.0 Å². The molecule has 0 saturated carbocycles. The minimum Gasteiger partial charge on any atom is -0.496 e. The van der Waals surface area contributed by atoms with Gasteiger partial charge in [-0.25, -0.2) is 13.8 Å². The van der Waals surface area contributed by atoms with Crippen LogP contribution in [0.5, 0.6) is 5.75 Å². The molecule has 0 unspecified atom stereocenters. The number of likely N-dealkylation sites (N-methyl/N-ethyl adjacent to an activating group) is 1. The molecular weight excluding hydrogens is 434 g/mol. The summed E-state index contributed by atoms with van der Waals surface area (Å²) in [6.07, 6.45) is 1.48. The number of hydrazone groups is 1. The van der Waals surface area contributed by atoms with Crippen molar-refractivity contribution in [2.75, 3.05) is 20.7 Å². The molecule has 0 radical (unpaired) electrons. The molecular formula is C18H20BrN3O4S. The minimum absolute atomic E-state index is 0.0906. The quantitative estimate of drug-likeness (QED) is 0.515. The van der Waals surface area contributed by atoms with Crippen molar-refractivity contribution in [1.82, 2.24) is 9.73 Å². The lowest BCUT2D eigenvalue weighted by Crippen LogP contribution is -2.36. The average Bonchev–Trinajstić information content (AvgIpc) is 2.63. The van der Waals surface area contributed by atoms with Crippen LogP contribution in [0.1, 0.15) is 11.1 Å². The standard InChI is InChI=1S/C18H20BrN3O4S/c1-13-10-15(8-9-17(13)26-3)27(24,25)22(2)12-18(23)21-20-11-14-6-4-5-7-16(14)19/h4-11H,12H2,1-3H3,(H,21,23)/b20-11+. The summed E-state index contributed by atoms with van der Waals surface area (Å²) in [4.78, 5) is 12.1. The van der Waals surface area contributed by atoms with E-state index in [4.69, 9.17) is 4.74 Å². The zero-order valence-corrected chi connectivity index (χ0v) is 17.5. The molecule has 144 valence electrons. The van der Waals surface area contributed by atoms with E-state index in [1.807, 2.05) is 24.3 Å². The van der Waals surface area contributed by atoms with Crippen molar-refractivity contribution in [2.24, 2.45) is 5.10 Å². The second kappa shape index (κ2) is 9.12. The number of carbonyl (C=O) groups excluding carboxylic acids is 1. The van der Waals surface area contributed by atoms with E-state index in [9.17, 15) is 13.2 Å². The Kier molecular flexibility index (Phi) is 7.11. The van der Waals surface area contributed by atoms with Crippen LogP contribution >= 0.6 is 15.9 Å². The molecule has 0 atom stereocenters. The van der Waals surface area contributed by atoms with E-state index in [0.717, 1.165) is 14.3 Å². The summed E-state index contributed by atoms with van der Waals surface area (Å²) in [5.41, 5.74) is 3.80. The molecule has 0 saturated heterocycles. The maximum Gasteiger partial charge on any atom is 0.255 e. The number of amides is 1. The molecule has 1 N–H and O–H groups in total. The van der Waals surface area contributed by atoms with Crippen LogP contribution in [-0.2, 0) is 14.8 Å². The first-order valence-corrected chi connectivity index (χ1v) is 10.2. The maximum absolute atomic E-state index is 12.6. The lowest BCUT2D eigenvalue weighted by Gasteiger charge is -2.17. The first kappa shape index (κ1) is 21.1. The molecule has 2 aromatic carbocycles. The molecule has 0 aliphatic heterocycles. The van der Waals surface area contributed by atoms with Crippen molar-refractivity contribution in [1.29, 1.82) is 0 Å². The highest BCUT2D eigenvalue weighted by Crippen LogP contribution is 2.23. The molecule has 0 aliphatic carbocycles. The average molecular weight is 454 g/mol. The number of nitrogens with zero attached hydrogens (tertiary/aromatic N) is 2. The van der Waals surface area contributed by atoms with Crippen LogP contribution in [0, 0.1) is 6.92 Å². The second-order valence-electron chi connectivity index (χ2n) is 5.71. The van der Waals surface area contributed by atoms with Crippen molar-refractivity contribution in [3.63, 3.8) is 0 Å². The fraction of sp³-hybridized carbons (Fsp3) is 0.222. The summed E-state index contributed by atoms with van der Waals surface area (Å²) < 4.78 is 32.2. The van der Waals surface area contributed by atoms with E-state index in [0.29, 0.717) is 11.3 Å². The highest BCUT2D eigenvalue weighted by molar-refractivity contribution is 9.10. The van der Waals surface area contributed by atoms with Gasteiger partial charge in [-0.05, 0) is 36.8 Å². The number of rotatable bonds is 7. The summed E-state index contributed by atoms with van der Waals surface area (Å²) in [5.74, 6) is 0.0466. The number of methoxy groups -OCH3 is 1. The lowest BCUT2D eigenvalue weighted by atomic mass is 10.2. The number of benzene rings is 2. The van der Waals surface area contributed by atoms with Gasteiger partial charge in [0.1, 0.15) is 5.75 Å². The van der Waals surface area contributed by atoms with Gasteiger partial charge < -0.3 is 4.74 Å². The number of hydrogen-bond donors (Lipinski definition) is 1. The predicted octanol–water partition coefficient (Wildman–Crippen LogP) is 2.54. The number of nitrogens with one attached hydrogen (secondary N) is 1. The Bertz CT molecular complexity index is 961. The summed E-state index contributed by atoms with van der Waals surface area (Å²) in [7, 11) is -0.953. The van der Waals surface area contributed by atoms with Gasteiger partial charge in [0.15, 0.2) is 0 Å². The van der Waals surface area contributed by atoms with Crippen LogP contribution in [0.15, 0.2) is 56.9 Å². The molecule has 1 amide bonds. The first-order valence-electron chi connectivity index (χ1n) is 7.93. The zero-order chi connectivity index (χ0) is 20.0. The molecule has 2 aromatic rings. The third-order valence-electron chi connectivity index (χ3n) is 3.74. The van der Waals surface area contributed by atoms with E-state index in [1.165, 1.54) is 32.5 Å². The number of halogens is 1. The van der Waals surface area contributed by atoms with Gasteiger partial charge in [0.05, 0.1) is 24.8 Å². The van der Waals surface area contributed by atoms with Crippen LogP contribution in [0.2, 0.25) is 0 Å². The summed E-state index contributed by atoms with van der Waals surface area (Å²) in [5, 5.41) is 3.85. The summed E-state index contributed by atoms with van der Waals surface area (Å²) in [6, 6.07) is 11.9. The highest BCUT2D eigenvalue weighted by atomic mass is 79.9. The van der Waals surface area contributed by atoms with Crippen LogP contribution in [0.4, 0.5) is 0 Å². The Morgan fingerprint density at radius 3 is 2.63 bits per heavy atom. The number of carbonyl (C=O) groups is 1. The number of hydrogen-bond acceptors (Lipinski definition) is 5. The maximum atomic E-state index is 12.6. The van der Waals surface area contributed by atoms with E-state index < -0.39 is 15.9 Å². The normalized spacial score (nSPS) is 11.7. The molecule has 27 heavy (non-hydrogen) atoms. The predicted molar refractivity (Wildman–Crippen MR) is 107 cm³/mol. The van der Waals surface area contributed by atoms with Crippen LogP contribution < -0.4 is 10.2 Å². The van der Waals surface area contributed by atoms with Gasteiger partial charge >= 0.3 is 0 Å². The monoisotopic (exact) mass is 453 g/mol. The van der Waals surface area contributed by atoms with Gasteiger partial charge in [0.25, 0.3) is 5.91 Å². The fourth-order valence-electron chi connectivity index (χ4n) is 2.27. The van der Waals surface area contributed by atoms with Gasteiger partial charge in [-0.1, -0.05) is 34.1 Å². The molecule has 0 heterocycles. The third kappa shape index (κ3) is 5.38. The van der Waals surface area contributed by atoms with Gasteiger partial charge in [-0.2, -0.15) is 9.41 Å². The number of ether oxygens (including phenoxy) is 1. The third-order valence-corrected chi connectivity index (χ3v) is 6.26. The summed E-state index contributed by atoms with van der Waals surface area (Å²) in [6.45, 7) is 1.39. The Hall–Kier alpha value is -2.23. The van der Waals surface area contributed by atoms with Gasteiger partial charge in [-0.3, -0.25) is 4.79 Å². The molecule has 0 aromatic heterocycles. The smallest absolute Gasteiger partial charge is 0.255 e. The van der Waals surface area contributed by atoms with Crippen LogP contribution in [-0.4, -0.2) is 45.5 Å². The molecule has 0 spiro atoms. The van der Waals surface area contributed by atoms with Crippen molar-refractivity contribution >= 4 is 38.1 Å². The van der Waals surface area contributed by atoms with Crippen molar-refractivity contribution in [3.05, 3.63) is 58.1 Å². The Morgan fingerprint density at radius 1 is 1.30 bits per heavy atom.